The number of likely N-dealkylation sites (N-methyl/N-ethyl adjacent to an activating group) is 6. The highest BCUT2D eigenvalue weighted by Gasteiger charge is 2.64. The van der Waals surface area contributed by atoms with Crippen LogP contribution in [0.5, 0.6) is 0 Å². The summed E-state index contributed by atoms with van der Waals surface area (Å²) in [6, 6.07) is -7.56. The number of alkyl halides is 7. The molecule has 1 aromatic rings. The molecule has 3 heterocycles. The van der Waals surface area contributed by atoms with Crippen LogP contribution in [-0.4, -0.2) is 251 Å². The Bertz CT molecular complexity index is 3190. The van der Waals surface area contributed by atoms with Crippen molar-refractivity contribution in [2.24, 2.45) is 23.7 Å². The number of nitrogens with one attached hydrogen (secondary N) is 4. The van der Waals surface area contributed by atoms with Crippen LogP contribution in [0, 0.1) is 23.7 Å². The summed E-state index contributed by atoms with van der Waals surface area (Å²) in [5, 5.41) is 10.1. The minimum atomic E-state index is -4.80. The van der Waals surface area contributed by atoms with E-state index in [1.165, 1.54) is 52.1 Å². The van der Waals surface area contributed by atoms with E-state index in [4.69, 9.17) is 11.6 Å². The molecule has 566 valence electrons. The van der Waals surface area contributed by atoms with Gasteiger partial charge in [0.15, 0.2) is 0 Å². The number of amides is 12. The number of likely N-dealkylation sites (tertiary alicyclic amines) is 1. The zero-order chi connectivity index (χ0) is 75.6. The van der Waals surface area contributed by atoms with Crippen LogP contribution >= 0.6 is 11.6 Å². The molecule has 1 spiro atoms. The van der Waals surface area contributed by atoms with Gasteiger partial charge in [0.25, 0.3) is 0 Å². The summed E-state index contributed by atoms with van der Waals surface area (Å²) in [6.45, 7) is 4.46. The standard InChI is InChI=1S/C69H102ClF7N12O12/c1-13-41(5)56-64(100)84(9)36-54(92)82(7)37-55(93)86(11)51(33-43-21-16-15-17-22-43)63(99)83(8)35-52(90)78-47(27-25-44-24-26-45(46(70)32-44)69(75,76)77)62(98)89-30-20-23-49(89)59(95)81-66(28-18-19-29-66)65(101)87(12)57(42(6)14-2)60(96)79-48(61(97)88-38-67(71,72)68(73,74)39-88)34-53(91)85(10)50(31-40(3)4)58(94)80-56/h24,26,32,40-43,47-51,56-57H,13-23,25,27-31,33-39H2,1-12H3,(H,78,90)(H,79,96)(H,80,94)(H,81,95)/t41-,42-,47-,48-,49-,50-,51-,56-,57-/m0/s1. The topological polar surface area (TPSA) is 279 Å². The Kier molecular flexibility index (Phi) is 28.4. The van der Waals surface area contributed by atoms with Gasteiger partial charge in [-0.2, -0.15) is 30.7 Å². The van der Waals surface area contributed by atoms with Crippen LogP contribution in [0.4, 0.5) is 30.7 Å². The van der Waals surface area contributed by atoms with Crippen LogP contribution < -0.4 is 21.3 Å². The normalized spacial score (nSPS) is 26.9. The fourth-order valence-corrected chi connectivity index (χ4v) is 14.6. The molecule has 12 amide bonds. The number of carbonyl (C=O) groups excluding carboxylic acids is 12. The van der Waals surface area contributed by atoms with Crippen molar-refractivity contribution in [1.82, 2.24) is 60.5 Å². The number of halogens is 8. The van der Waals surface area contributed by atoms with E-state index in [0.29, 0.717) is 19.3 Å². The highest BCUT2D eigenvalue weighted by Crippen LogP contribution is 2.42. The van der Waals surface area contributed by atoms with Crippen LogP contribution in [0.2, 0.25) is 5.02 Å². The van der Waals surface area contributed by atoms with Crippen LogP contribution in [0.25, 0.3) is 0 Å². The van der Waals surface area contributed by atoms with Gasteiger partial charge in [-0.3, -0.25) is 57.5 Å². The lowest BCUT2D eigenvalue weighted by atomic mass is 9.84. The molecule has 0 unspecified atom stereocenters. The number of hydrogen-bond donors (Lipinski definition) is 4. The molecule has 32 heteroatoms. The van der Waals surface area contributed by atoms with Gasteiger partial charge < -0.3 is 60.5 Å². The van der Waals surface area contributed by atoms with Gasteiger partial charge in [0.2, 0.25) is 70.9 Å². The van der Waals surface area contributed by atoms with Gasteiger partial charge in [-0.1, -0.05) is 117 Å². The second-order valence-electron chi connectivity index (χ2n) is 29.0. The van der Waals surface area contributed by atoms with Gasteiger partial charge >= 0.3 is 18.0 Å². The molecule has 101 heavy (non-hydrogen) atoms. The Hall–Kier alpha value is -7.34. The molecule has 5 aliphatic rings. The summed E-state index contributed by atoms with van der Waals surface area (Å²) < 4.78 is 101. The number of benzene rings is 1. The molecule has 3 aliphatic heterocycles. The Labute approximate surface area is 591 Å². The molecule has 2 aliphatic carbocycles. The van der Waals surface area contributed by atoms with E-state index >= 15 is 14.4 Å². The molecule has 5 fully saturated rings. The summed E-state index contributed by atoms with van der Waals surface area (Å²) >= 11 is 6.11. The first kappa shape index (κ1) is 82.6. The minimum absolute atomic E-state index is 0.00758. The first-order valence-electron chi connectivity index (χ1n) is 35.1. The molecule has 0 aromatic heterocycles. The van der Waals surface area contributed by atoms with Crippen molar-refractivity contribution in [2.75, 3.05) is 81.6 Å². The van der Waals surface area contributed by atoms with E-state index in [1.807, 2.05) is 0 Å². The number of nitrogens with zero attached hydrogens (tertiary/aromatic N) is 8. The molecule has 6 rings (SSSR count). The molecule has 2 saturated carbocycles. The third-order valence-corrected chi connectivity index (χ3v) is 21.2. The smallest absolute Gasteiger partial charge is 0.343 e. The average molecular weight is 1460 g/mol. The lowest BCUT2D eigenvalue weighted by molar-refractivity contribution is -0.172. The molecule has 24 nitrogen and oxygen atoms in total. The SMILES string of the molecule is CC[C@H](C)[C@@H]1NC(=O)[C@H](CC(C)C)N(C)C(=O)C[C@@H](C(=O)N2CC(F)(F)C(F)(F)C2)NC(=O)[C@H]([C@@H](C)CC)N(C)C(=O)C2(CCCC2)NC(=O)[C@@H]2CCCN2C(=O)[C@H](CCc2ccc(C(F)(F)F)c(Cl)c2)NC(=O)CN(C)C(=O)[C@H](CC2CCCCC2)N(C)C(=O)CN(C)C(=O)CN(C)C1=O. The Morgan fingerprint density at radius 2 is 1.22 bits per heavy atom. The maximum Gasteiger partial charge on any atom is 0.417 e. The Morgan fingerprint density at radius 1 is 0.634 bits per heavy atom. The third-order valence-electron chi connectivity index (χ3n) is 20.9. The van der Waals surface area contributed by atoms with Crippen molar-refractivity contribution in [3.05, 3.63) is 34.3 Å². The summed E-state index contributed by atoms with van der Waals surface area (Å²) in [4.78, 5) is 184. The Morgan fingerprint density at radius 3 is 1.79 bits per heavy atom. The molecule has 1 aromatic carbocycles. The van der Waals surface area contributed by atoms with Crippen molar-refractivity contribution < 1.29 is 88.3 Å². The average Bonchev–Trinajstić information content (AvgIpc) is 1.66. The molecule has 0 bridgehead atoms. The van der Waals surface area contributed by atoms with E-state index in [9.17, 15) is 73.9 Å². The summed E-state index contributed by atoms with van der Waals surface area (Å²) in [5.74, 6) is -22.1. The summed E-state index contributed by atoms with van der Waals surface area (Å²) in [6.07, 6.45) is -0.629. The molecule has 0 radical (unpaired) electrons. The van der Waals surface area contributed by atoms with Crippen molar-refractivity contribution in [2.45, 2.75) is 223 Å². The maximum atomic E-state index is 15.3. The fourth-order valence-electron chi connectivity index (χ4n) is 14.3. The van der Waals surface area contributed by atoms with Gasteiger partial charge in [-0.15, -0.1) is 0 Å². The highest BCUT2D eigenvalue weighted by molar-refractivity contribution is 6.31. The van der Waals surface area contributed by atoms with E-state index in [-0.39, 0.29) is 86.6 Å². The number of aryl methyl sites for hydroxylation is 1. The number of rotatable bonds is 12. The molecular weight excluding hydrogens is 1360 g/mol. The predicted octanol–water partition coefficient (Wildman–Crippen LogP) is 5.65. The monoisotopic (exact) mass is 1460 g/mol. The van der Waals surface area contributed by atoms with Crippen LogP contribution in [-0.2, 0) is 70.1 Å². The van der Waals surface area contributed by atoms with E-state index < -0.39 is 198 Å². The molecule has 4 N–H and O–H groups in total. The van der Waals surface area contributed by atoms with E-state index in [2.05, 4.69) is 21.3 Å². The maximum absolute atomic E-state index is 15.3. The largest absolute Gasteiger partial charge is 0.417 e. The van der Waals surface area contributed by atoms with Crippen molar-refractivity contribution in [3.63, 3.8) is 0 Å². The second kappa shape index (κ2) is 34.8. The van der Waals surface area contributed by atoms with Gasteiger partial charge in [-0.25, -0.2) is 0 Å². The third kappa shape index (κ3) is 20.3. The molecular formula is C69H102ClF7N12O12. The van der Waals surface area contributed by atoms with Crippen LogP contribution in [0.1, 0.15) is 162 Å². The van der Waals surface area contributed by atoms with Gasteiger partial charge in [0.1, 0.15) is 47.8 Å². The zero-order valence-corrected chi connectivity index (χ0v) is 60.8. The first-order valence-corrected chi connectivity index (χ1v) is 35.4. The lowest BCUT2D eigenvalue weighted by Crippen LogP contribution is -2.65. The minimum Gasteiger partial charge on any atom is -0.343 e. The number of fused-ring (bicyclic) bond motifs is 1. The first-order chi connectivity index (χ1) is 47.1. The summed E-state index contributed by atoms with van der Waals surface area (Å²) in [5.41, 5.74) is -2.64. The fraction of sp³-hybridized carbons (Fsp3) is 0.739. The Balaban J connectivity index is 1.43. The van der Waals surface area contributed by atoms with E-state index in [1.54, 1.807) is 41.5 Å². The quantitative estimate of drug-likeness (QED) is 0.185. The molecule has 3 saturated heterocycles. The zero-order valence-electron chi connectivity index (χ0n) is 60.1. The summed E-state index contributed by atoms with van der Waals surface area (Å²) in [7, 11) is 7.74. The van der Waals surface area contributed by atoms with Crippen molar-refractivity contribution >= 4 is 82.5 Å². The molecule has 9 atom stereocenters. The van der Waals surface area contributed by atoms with Gasteiger partial charge in [0, 0.05) is 48.8 Å². The number of hydrogen-bond acceptors (Lipinski definition) is 12. The van der Waals surface area contributed by atoms with Crippen LogP contribution in [0.3, 0.4) is 0 Å². The predicted molar refractivity (Wildman–Crippen MR) is 358 cm³/mol. The van der Waals surface area contributed by atoms with Crippen molar-refractivity contribution in [3.8, 4) is 0 Å². The van der Waals surface area contributed by atoms with Gasteiger partial charge in [-0.05, 0) is 92.7 Å². The number of carbonyl (C=O) groups is 12. The van der Waals surface area contributed by atoms with Crippen LogP contribution in [0.15, 0.2) is 18.2 Å². The highest BCUT2D eigenvalue weighted by atomic mass is 35.5. The lowest BCUT2D eigenvalue weighted by Gasteiger charge is -2.40. The van der Waals surface area contributed by atoms with E-state index in [0.717, 1.165) is 74.8 Å². The van der Waals surface area contributed by atoms with Gasteiger partial charge in [0.05, 0.1) is 49.7 Å². The second-order valence-corrected chi connectivity index (χ2v) is 29.4. The van der Waals surface area contributed by atoms with Crippen molar-refractivity contribution in [1.29, 1.82) is 0 Å².